The third-order valence-electron chi connectivity index (χ3n) is 3.14. The highest BCUT2D eigenvalue weighted by molar-refractivity contribution is 7.09. The van der Waals surface area contributed by atoms with Crippen molar-refractivity contribution < 1.29 is 4.74 Å². The summed E-state index contributed by atoms with van der Waals surface area (Å²) >= 11 is 1.87. The number of methoxy groups -OCH3 is 1. The fourth-order valence-electron chi connectivity index (χ4n) is 2.15. The molecule has 1 N–H and O–H groups in total. The topological polar surface area (TPSA) is 21.3 Å². The van der Waals surface area contributed by atoms with E-state index in [0.717, 1.165) is 19.6 Å². The van der Waals surface area contributed by atoms with Crippen molar-refractivity contribution in [1.82, 2.24) is 5.32 Å². The number of rotatable bonds is 11. The fraction of sp³-hybridized carbons (Fsp3) is 0.733. The van der Waals surface area contributed by atoms with E-state index in [0.29, 0.717) is 6.04 Å². The molecule has 0 spiro atoms. The second-order valence-electron chi connectivity index (χ2n) is 4.76. The molecule has 1 unspecified atom stereocenters. The number of hydrogen-bond acceptors (Lipinski definition) is 3. The molecule has 0 aliphatic rings. The number of ether oxygens (including phenoxy) is 1. The van der Waals surface area contributed by atoms with E-state index in [9.17, 15) is 0 Å². The zero-order valence-electron chi connectivity index (χ0n) is 11.8. The van der Waals surface area contributed by atoms with Crippen molar-refractivity contribution in [2.24, 2.45) is 0 Å². The Morgan fingerprint density at radius 3 is 2.83 bits per heavy atom. The van der Waals surface area contributed by atoms with E-state index in [1.165, 1.54) is 37.0 Å². The van der Waals surface area contributed by atoms with Crippen LogP contribution in [0, 0.1) is 0 Å². The van der Waals surface area contributed by atoms with Gasteiger partial charge in [0.1, 0.15) is 0 Å². The Morgan fingerprint density at radius 2 is 2.17 bits per heavy atom. The van der Waals surface area contributed by atoms with Gasteiger partial charge in [0.25, 0.3) is 0 Å². The van der Waals surface area contributed by atoms with Crippen LogP contribution in [-0.4, -0.2) is 26.3 Å². The Bertz CT molecular complexity index is 274. The molecule has 0 saturated carbocycles. The molecule has 3 heteroatoms. The van der Waals surface area contributed by atoms with Crippen molar-refractivity contribution in [2.45, 2.75) is 51.5 Å². The molecule has 0 bridgehead atoms. The zero-order valence-corrected chi connectivity index (χ0v) is 12.6. The molecule has 104 valence electrons. The Kier molecular flexibility index (Phi) is 9.17. The van der Waals surface area contributed by atoms with E-state index in [-0.39, 0.29) is 0 Å². The molecule has 1 atom stereocenters. The van der Waals surface area contributed by atoms with Gasteiger partial charge in [-0.3, -0.25) is 0 Å². The zero-order chi connectivity index (χ0) is 13.1. The van der Waals surface area contributed by atoms with Crippen molar-refractivity contribution in [1.29, 1.82) is 0 Å². The van der Waals surface area contributed by atoms with Crippen LogP contribution in [0.25, 0.3) is 0 Å². The first-order chi connectivity index (χ1) is 8.86. The maximum atomic E-state index is 5.13. The van der Waals surface area contributed by atoms with Crippen LogP contribution >= 0.6 is 11.3 Å². The van der Waals surface area contributed by atoms with E-state index in [1.807, 2.05) is 11.3 Å². The van der Waals surface area contributed by atoms with Gasteiger partial charge < -0.3 is 10.1 Å². The average molecular weight is 269 g/mol. The summed E-state index contributed by atoms with van der Waals surface area (Å²) < 4.78 is 5.13. The summed E-state index contributed by atoms with van der Waals surface area (Å²) in [6.07, 6.45) is 7.41. The van der Waals surface area contributed by atoms with Gasteiger partial charge in [-0.2, -0.15) is 0 Å². The highest BCUT2D eigenvalue weighted by Gasteiger charge is 2.07. The Labute approximate surface area is 116 Å². The molecule has 0 fully saturated rings. The van der Waals surface area contributed by atoms with Gasteiger partial charge >= 0.3 is 0 Å². The lowest BCUT2D eigenvalue weighted by Gasteiger charge is -2.18. The first-order valence-electron chi connectivity index (χ1n) is 7.11. The maximum Gasteiger partial charge on any atom is 0.0462 e. The van der Waals surface area contributed by atoms with Gasteiger partial charge in [-0.05, 0) is 56.5 Å². The standard InChI is InChI=1S/C15H27NOS/c1-3-11-16-14(8-5-12-17-2)7-4-9-15-10-6-13-18-15/h6,10,13-14,16H,3-5,7-9,11-12H2,1-2H3. The lowest BCUT2D eigenvalue weighted by atomic mass is 10.0. The summed E-state index contributed by atoms with van der Waals surface area (Å²) in [5, 5.41) is 5.82. The van der Waals surface area contributed by atoms with Crippen molar-refractivity contribution in [3.63, 3.8) is 0 Å². The van der Waals surface area contributed by atoms with Crippen LogP contribution in [0.2, 0.25) is 0 Å². The minimum Gasteiger partial charge on any atom is -0.385 e. The summed E-state index contributed by atoms with van der Waals surface area (Å²) in [5.74, 6) is 0. The van der Waals surface area contributed by atoms with Gasteiger partial charge in [0, 0.05) is 24.6 Å². The van der Waals surface area contributed by atoms with Crippen LogP contribution in [-0.2, 0) is 11.2 Å². The van der Waals surface area contributed by atoms with E-state index in [4.69, 9.17) is 4.74 Å². The minimum atomic E-state index is 0.667. The van der Waals surface area contributed by atoms with Gasteiger partial charge in [0.15, 0.2) is 0 Å². The van der Waals surface area contributed by atoms with Gasteiger partial charge in [-0.25, -0.2) is 0 Å². The molecule has 1 aromatic heterocycles. The molecule has 1 aromatic rings. The van der Waals surface area contributed by atoms with E-state index in [1.54, 1.807) is 7.11 Å². The molecular formula is C15H27NOS. The number of nitrogens with one attached hydrogen (secondary N) is 1. The Balaban J connectivity index is 2.17. The predicted molar refractivity (Wildman–Crippen MR) is 80.4 cm³/mol. The number of hydrogen-bond donors (Lipinski definition) is 1. The van der Waals surface area contributed by atoms with Gasteiger partial charge in [0.2, 0.25) is 0 Å². The molecule has 1 rings (SSSR count). The van der Waals surface area contributed by atoms with Gasteiger partial charge in [0.05, 0.1) is 0 Å². The number of thiophene rings is 1. The third-order valence-corrected chi connectivity index (χ3v) is 4.08. The summed E-state index contributed by atoms with van der Waals surface area (Å²) in [6, 6.07) is 5.05. The molecular weight excluding hydrogens is 242 g/mol. The van der Waals surface area contributed by atoms with E-state index < -0.39 is 0 Å². The van der Waals surface area contributed by atoms with Crippen molar-refractivity contribution in [3.05, 3.63) is 22.4 Å². The molecule has 0 aromatic carbocycles. The molecule has 0 aliphatic carbocycles. The smallest absolute Gasteiger partial charge is 0.0462 e. The fourth-order valence-corrected chi connectivity index (χ4v) is 2.90. The monoisotopic (exact) mass is 269 g/mol. The van der Waals surface area contributed by atoms with Crippen LogP contribution in [0.3, 0.4) is 0 Å². The normalized spacial score (nSPS) is 12.8. The number of aryl methyl sites for hydroxylation is 1. The van der Waals surface area contributed by atoms with Gasteiger partial charge in [-0.1, -0.05) is 13.0 Å². The SMILES string of the molecule is CCCNC(CCCOC)CCCc1cccs1. The van der Waals surface area contributed by atoms with Crippen LogP contribution in [0.5, 0.6) is 0 Å². The minimum absolute atomic E-state index is 0.667. The van der Waals surface area contributed by atoms with Crippen LogP contribution in [0.1, 0.15) is 43.9 Å². The van der Waals surface area contributed by atoms with Gasteiger partial charge in [-0.15, -0.1) is 11.3 Å². The average Bonchev–Trinajstić information content (AvgIpc) is 2.88. The Hall–Kier alpha value is -0.380. The summed E-state index contributed by atoms with van der Waals surface area (Å²) in [7, 11) is 1.78. The first-order valence-corrected chi connectivity index (χ1v) is 7.99. The second-order valence-corrected chi connectivity index (χ2v) is 5.79. The molecule has 2 nitrogen and oxygen atoms in total. The molecule has 18 heavy (non-hydrogen) atoms. The lowest BCUT2D eigenvalue weighted by Crippen LogP contribution is -2.30. The predicted octanol–water partition coefficient (Wildman–Crippen LogP) is 3.87. The lowest BCUT2D eigenvalue weighted by molar-refractivity contribution is 0.188. The van der Waals surface area contributed by atoms with Crippen molar-refractivity contribution in [2.75, 3.05) is 20.3 Å². The highest BCUT2D eigenvalue weighted by atomic mass is 32.1. The molecule has 0 radical (unpaired) electrons. The van der Waals surface area contributed by atoms with Crippen LogP contribution in [0.4, 0.5) is 0 Å². The van der Waals surface area contributed by atoms with Crippen LogP contribution < -0.4 is 5.32 Å². The molecule has 1 heterocycles. The molecule has 0 saturated heterocycles. The summed E-state index contributed by atoms with van der Waals surface area (Å²) in [6.45, 7) is 4.25. The van der Waals surface area contributed by atoms with E-state index >= 15 is 0 Å². The summed E-state index contributed by atoms with van der Waals surface area (Å²) in [5.41, 5.74) is 0. The quantitative estimate of drug-likeness (QED) is 0.616. The Morgan fingerprint density at radius 1 is 1.33 bits per heavy atom. The first kappa shape index (κ1) is 15.7. The van der Waals surface area contributed by atoms with Crippen LogP contribution in [0.15, 0.2) is 17.5 Å². The largest absolute Gasteiger partial charge is 0.385 e. The van der Waals surface area contributed by atoms with Crippen molar-refractivity contribution >= 4 is 11.3 Å². The summed E-state index contributed by atoms with van der Waals surface area (Å²) in [4.78, 5) is 1.51. The molecule has 0 amide bonds. The molecule has 0 aliphatic heterocycles. The van der Waals surface area contributed by atoms with E-state index in [2.05, 4.69) is 29.8 Å². The highest BCUT2D eigenvalue weighted by Crippen LogP contribution is 2.14. The second kappa shape index (κ2) is 10.5. The third kappa shape index (κ3) is 7.14. The van der Waals surface area contributed by atoms with Crippen molar-refractivity contribution in [3.8, 4) is 0 Å². The maximum absolute atomic E-state index is 5.13.